The average molecular weight is 225 g/mol. The first-order chi connectivity index (χ1) is 7.41. The van der Waals surface area contributed by atoms with E-state index in [4.69, 9.17) is 9.84 Å². The maximum absolute atomic E-state index is 10.5. The molecule has 6 heteroatoms. The monoisotopic (exact) mass is 225 g/mol. The number of rotatable bonds is 4. The fourth-order valence-corrected chi connectivity index (χ4v) is 1.16. The minimum Gasteiger partial charge on any atom is -0.479 e. The number of aryl methyl sites for hydroxylation is 1. The highest BCUT2D eigenvalue weighted by Gasteiger charge is 2.15. The SMILES string of the molecule is Cc1cc(O[C@H](C)C(=O)O)ccc1[N+](=O)[O-]. The maximum Gasteiger partial charge on any atom is 0.344 e. The molecule has 0 aliphatic rings. The molecule has 0 heterocycles. The number of nitro benzene ring substituents is 1. The second kappa shape index (κ2) is 4.61. The Labute approximate surface area is 91.6 Å². The number of benzene rings is 1. The molecule has 1 aromatic carbocycles. The van der Waals surface area contributed by atoms with Crippen molar-refractivity contribution in [3.8, 4) is 5.75 Å². The van der Waals surface area contributed by atoms with Crippen LogP contribution in [0.2, 0.25) is 0 Å². The Morgan fingerprint density at radius 2 is 2.19 bits per heavy atom. The number of hydrogen-bond donors (Lipinski definition) is 1. The molecule has 0 amide bonds. The molecule has 0 unspecified atom stereocenters. The average Bonchev–Trinajstić information content (AvgIpc) is 2.16. The van der Waals surface area contributed by atoms with Crippen LogP contribution in [0.5, 0.6) is 5.75 Å². The van der Waals surface area contributed by atoms with Gasteiger partial charge >= 0.3 is 5.97 Å². The highest BCUT2D eigenvalue weighted by Crippen LogP contribution is 2.23. The lowest BCUT2D eigenvalue weighted by molar-refractivity contribution is -0.385. The van der Waals surface area contributed by atoms with Gasteiger partial charge in [-0.15, -0.1) is 0 Å². The van der Waals surface area contributed by atoms with Crippen LogP contribution >= 0.6 is 0 Å². The van der Waals surface area contributed by atoms with E-state index in [9.17, 15) is 14.9 Å². The lowest BCUT2D eigenvalue weighted by Crippen LogP contribution is -2.22. The zero-order valence-electron chi connectivity index (χ0n) is 8.84. The third-order valence-corrected chi connectivity index (χ3v) is 2.03. The number of carboxylic acids is 1. The molecule has 0 saturated heterocycles. The van der Waals surface area contributed by atoms with Crippen LogP contribution in [-0.2, 0) is 4.79 Å². The Morgan fingerprint density at radius 1 is 1.56 bits per heavy atom. The minimum atomic E-state index is -1.09. The van der Waals surface area contributed by atoms with Crippen molar-refractivity contribution in [2.45, 2.75) is 20.0 Å². The second-order valence-corrected chi connectivity index (χ2v) is 3.30. The number of carboxylic acid groups (broad SMARTS) is 1. The van der Waals surface area contributed by atoms with Crippen molar-refractivity contribution < 1.29 is 19.6 Å². The first kappa shape index (κ1) is 12.0. The maximum atomic E-state index is 10.5. The van der Waals surface area contributed by atoms with Gasteiger partial charge < -0.3 is 9.84 Å². The van der Waals surface area contributed by atoms with Crippen molar-refractivity contribution >= 4 is 11.7 Å². The molecule has 1 N–H and O–H groups in total. The Hall–Kier alpha value is -2.11. The zero-order chi connectivity index (χ0) is 12.3. The highest BCUT2D eigenvalue weighted by molar-refractivity contribution is 5.72. The van der Waals surface area contributed by atoms with Crippen LogP contribution in [0.1, 0.15) is 12.5 Å². The predicted octanol–water partition coefficient (Wildman–Crippen LogP) is 1.76. The Morgan fingerprint density at radius 3 is 2.62 bits per heavy atom. The molecule has 0 radical (unpaired) electrons. The standard InChI is InChI=1S/C10H11NO5/c1-6-5-8(16-7(2)10(12)13)3-4-9(6)11(14)15/h3-5,7H,1-2H3,(H,12,13)/t7-/m1/s1. The highest BCUT2D eigenvalue weighted by atomic mass is 16.6. The number of ether oxygens (including phenoxy) is 1. The van der Waals surface area contributed by atoms with E-state index in [1.807, 2.05) is 0 Å². The molecule has 0 fully saturated rings. The van der Waals surface area contributed by atoms with Crippen molar-refractivity contribution in [1.82, 2.24) is 0 Å². The van der Waals surface area contributed by atoms with Crippen LogP contribution < -0.4 is 4.74 Å². The van der Waals surface area contributed by atoms with Crippen LogP contribution in [0, 0.1) is 17.0 Å². The van der Waals surface area contributed by atoms with Gasteiger partial charge in [-0.1, -0.05) is 0 Å². The van der Waals surface area contributed by atoms with E-state index in [2.05, 4.69) is 0 Å². The van der Waals surface area contributed by atoms with Crippen molar-refractivity contribution in [2.24, 2.45) is 0 Å². The summed E-state index contributed by atoms with van der Waals surface area (Å²) in [5, 5.41) is 19.2. The molecule has 0 saturated carbocycles. The quantitative estimate of drug-likeness (QED) is 0.622. The Bertz CT molecular complexity index is 429. The largest absolute Gasteiger partial charge is 0.479 e. The second-order valence-electron chi connectivity index (χ2n) is 3.30. The van der Waals surface area contributed by atoms with Crippen molar-refractivity contribution in [3.63, 3.8) is 0 Å². The van der Waals surface area contributed by atoms with Gasteiger partial charge in [0.1, 0.15) is 5.75 Å². The van der Waals surface area contributed by atoms with Gasteiger partial charge in [0.2, 0.25) is 0 Å². The summed E-state index contributed by atoms with van der Waals surface area (Å²) in [6, 6.07) is 4.11. The number of carbonyl (C=O) groups is 1. The van der Waals surface area contributed by atoms with E-state index >= 15 is 0 Å². The summed E-state index contributed by atoms with van der Waals surface area (Å²) >= 11 is 0. The van der Waals surface area contributed by atoms with Crippen LogP contribution in [0.4, 0.5) is 5.69 Å². The molecule has 6 nitrogen and oxygen atoms in total. The fourth-order valence-electron chi connectivity index (χ4n) is 1.16. The Kier molecular flexibility index (Phi) is 3.44. The molecular formula is C10H11NO5. The molecule has 0 aromatic heterocycles. The van der Waals surface area contributed by atoms with Crippen LogP contribution in [-0.4, -0.2) is 22.1 Å². The number of nitrogens with zero attached hydrogens (tertiary/aromatic N) is 1. The lowest BCUT2D eigenvalue weighted by atomic mass is 10.2. The first-order valence-electron chi connectivity index (χ1n) is 4.56. The van der Waals surface area contributed by atoms with Gasteiger partial charge in [0, 0.05) is 11.6 Å². The van der Waals surface area contributed by atoms with Gasteiger partial charge in [0.05, 0.1) is 4.92 Å². The first-order valence-corrected chi connectivity index (χ1v) is 4.56. The number of hydrogen-bond acceptors (Lipinski definition) is 4. The minimum absolute atomic E-state index is 0.0182. The van der Waals surface area contributed by atoms with E-state index < -0.39 is 17.0 Å². The van der Waals surface area contributed by atoms with Gasteiger partial charge in [-0.2, -0.15) is 0 Å². The van der Waals surface area contributed by atoms with Crippen molar-refractivity contribution in [3.05, 3.63) is 33.9 Å². The van der Waals surface area contributed by atoms with E-state index in [0.29, 0.717) is 11.3 Å². The van der Waals surface area contributed by atoms with Gasteiger partial charge in [0.25, 0.3) is 5.69 Å². The number of nitro groups is 1. The third-order valence-electron chi connectivity index (χ3n) is 2.03. The summed E-state index contributed by atoms with van der Waals surface area (Å²) in [7, 11) is 0. The molecule has 16 heavy (non-hydrogen) atoms. The van der Waals surface area contributed by atoms with E-state index in [1.165, 1.54) is 25.1 Å². The summed E-state index contributed by atoms with van der Waals surface area (Å²) in [5.41, 5.74) is 0.412. The summed E-state index contributed by atoms with van der Waals surface area (Å²) in [4.78, 5) is 20.6. The van der Waals surface area contributed by atoms with Gasteiger partial charge in [0.15, 0.2) is 6.10 Å². The molecule has 1 rings (SSSR count). The molecule has 0 aliphatic heterocycles. The van der Waals surface area contributed by atoms with E-state index in [1.54, 1.807) is 6.92 Å². The topological polar surface area (TPSA) is 89.7 Å². The van der Waals surface area contributed by atoms with Crippen LogP contribution in [0.3, 0.4) is 0 Å². The molecular weight excluding hydrogens is 214 g/mol. The van der Waals surface area contributed by atoms with Gasteiger partial charge in [-0.05, 0) is 26.0 Å². The Balaban J connectivity index is 2.89. The summed E-state index contributed by atoms with van der Waals surface area (Å²) in [5.74, 6) is -0.783. The molecule has 0 bridgehead atoms. The van der Waals surface area contributed by atoms with E-state index in [-0.39, 0.29) is 5.69 Å². The van der Waals surface area contributed by atoms with E-state index in [0.717, 1.165) is 0 Å². The smallest absolute Gasteiger partial charge is 0.344 e. The lowest BCUT2D eigenvalue weighted by Gasteiger charge is -2.10. The molecule has 0 spiro atoms. The number of aliphatic carboxylic acids is 1. The summed E-state index contributed by atoms with van der Waals surface area (Å²) < 4.78 is 5.07. The van der Waals surface area contributed by atoms with Crippen molar-refractivity contribution in [1.29, 1.82) is 0 Å². The molecule has 1 aromatic rings. The summed E-state index contributed by atoms with van der Waals surface area (Å²) in [6.45, 7) is 2.95. The zero-order valence-corrected chi connectivity index (χ0v) is 8.84. The van der Waals surface area contributed by atoms with Gasteiger partial charge in [-0.3, -0.25) is 10.1 Å². The predicted molar refractivity (Wildman–Crippen MR) is 55.6 cm³/mol. The third kappa shape index (κ3) is 2.69. The molecule has 1 atom stereocenters. The molecule has 86 valence electrons. The van der Waals surface area contributed by atoms with Crippen LogP contribution in [0.15, 0.2) is 18.2 Å². The summed E-state index contributed by atoms with van der Waals surface area (Å²) in [6.07, 6.45) is -0.985. The van der Waals surface area contributed by atoms with Gasteiger partial charge in [-0.25, -0.2) is 4.79 Å². The molecule has 0 aliphatic carbocycles. The van der Waals surface area contributed by atoms with Crippen LogP contribution in [0.25, 0.3) is 0 Å². The normalized spacial score (nSPS) is 11.9. The fraction of sp³-hybridized carbons (Fsp3) is 0.300. The van der Waals surface area contributed by atoms with Crippen molar-refractivity contribution in [2.75, 3.05) is 0 Å².